The molecular formula is C12H11Cl2F3O3. The molecule has 3 nitrogen and oxygen atoms in total. The van der Waals surface area contributed by atoms with Crippen molar-refractivity contribution in [2.24, 2.45) is 0 Å². The lowest BCUT2D eigenvalue weighted by atomic mass is 10.1. The molecule has 0 aromatic heterocycles. The van der Waals surface area contributed by atoms with Gasteiger partial charge in [0.2, 0.25) is 0 Å². The van der Waals surface area contributed by atoms with Gasteiger partial charge >= 0.3 is 6.18 Å². The first-order valence-electron chi connectivity index (χ1n) is 5.63. The number of ketones is 1. The second-order valence-electron chi connectivity index (χ2n) is 3.57. The van der Waals surface area contributed by atoms with Crippen molar-refractivity contribution < 1.29 is 27.4 Å². The predicted molar refractivity (Wildman–Crippen MR) is 69.2 cm³/mol. The summed E-state index contributed by atoms with van der Waals surface area (Å²) in [6.07, 6.45) is -5.05. The van der Waals surface area contributed by atoms with Gasteiger partial charge in [-0.1, -0.05) is 23.2 Å². The number of hydrogen-bond donors (Lipinski definition) is 0. The number of rotatable bonds is 5. The van der Waals surface area contributed by atoms with E-state index in [2.05, 4.69) is 0 Å². The third-order valence-corrected chi connectivity index (χ3v) is 2.83. The summed E-state index contributed by atoms with van der Waals surface area (Å²) in [5.41, 5.74) is -0.738. The Hall–Kier alpha value is -1.14. The maximum absolute atomic E-state index is 12.5. The molecule has 0 heterocycles. The van der Waals surface area contributed by atoms with Gasteiger partial charge in [-0.15, -0.1) is 0 Å². The van der Waals surface area contributed by atoms with Crippen molar-refractivity contribution in [1.29, 1.82) is 0 Å². The van der Waals surface area contributed by atoms with Crippen molar-refractivity contribution in [2.75, 3.05) is 13.2 Å². The number of carbonyl (C=O) groups excluding carboxylic acids is 1. The summed E-state index contributed by atoms with van der Waals surface area (Å²) in [5.74, 6) is -2.48. The fourth-order valence-electron chi connectivity index (χ4n) is 1.47. The van der Waals surface area contributed by atoms with Crippen LogP contribution in [0, 0.1) is 0 Å². The lowest BCUT2D eigenvalue weighted by molar-refractivity contribution is -0.0886. The third kappa shape index (κ3) is 3.49. The minimum absolute atomic E-state index is 0.0157. The zero-order valence-electron chi connectivity index (χ0n) is 10.6. The summed E-state index contributed by atoms with van der Waals surface area (Å²) in [6.45, 7) is 3.44. The highest BCUT2D eigenvalue weighted by Crippen LogP contribution is 2.44. The lowest BCUT2D eigenvalue weighted by Gasteiger charge is -2.16. The number of carbonyl (C=O) groups is 1. The van der Waals surface area contributed by atoms with E-state index in [0.717, 1.165) is 6.07 Å². The van der Waals surface area contributed by atoms with E-state index in [1.807, 2.05) is 0 Å². The molecule has 0 unspecified atom stereocenters. The Labute approximate surface area is 123 Å². The van der Waals surface area contributed by atoms with E-state index < -0.39 is 17.5 Å². The topological polar surface area (TPSA) is 35.5 Å². The number of halogens is 5. The molecule has 0 amide bonds. The minimum atomic E-state index is -5.05. The van der Waals surface area contributed by atoms with Crippen LogP contribution in [0.2, 0.25) is 10.0 Å². The molecule has 0 aliphatic rings. The predicted octanol–water partition coefficient (Wildman–Crippen LogP) is 4.54. The average molecular weight is 331 g/mol. The van der Waals surface area contributed by atoms with Crippen LogP contribution in [0.5, 0.6) is 11.5 Å². The summed E-state index contributed by atoms with van der Waals surface area (Å²) in [6, 6.07) is 0.846. The number of ether oxygens (including phenoxy) is 2. The Morgan fingerprint density at radius 1 is 1.15 bits per heavy atom. The Bertz CT molecular complexity index is 516. The largest absolute Gasteiger partial charge is 0.491 e. The first kappa shape index (κ1) is 16.9. The van der Waals surface area contributed by atoms with Crippen LogP contribution in [0.3, 0.4) is 0 Å². The normalized spacial score (nSPS) is 11.3. The van der Waals surface area contributed by atoms with Crippen molar-refractivity contribution >= 4 is 29.0 Å². The summed E-state index contributed by atoms with van der Waals surface area (Å²) in [4.78, 5) is 11.4. The molecule has 0 N–H and O–H groups in total. The maximum Gasteiger partial charge on any atom is 0.455 e. The van der Waals surface area contributed by atoms with Crippen LogP contribution in [0.25, 0.3) is 0 Å². The van der Waals surface area contributed by atoms with Crippen LogP contribution in [0.4, 0.5) is 13.2 Å². The second-order valence-corrected chi connectivity index (χ2v) is 4.36. The molecule has 20 heavy (non-hydrogen) atoms. The minimum Gasteiger partial charge on any atom is -0.491 e. The lowest BCUT2D eigenvalue weighted by Crippen LogP contribution is -2.23. The van der Waals surface area contributed by atoms with E-state index in [4.69, 9.17) is 32.7 Å². The van der Waals surface area contributed by atoms with Gasteiger partial charge in [-0.05, 0) is 19.9 Å². The molecule has 0 saturated heterocycles. The quantitative estimate of drug-likeness (QED) is 0.744. The van der Waals surface area contributed by atoms with Crippen molar-refractivity contribution in [2.45, 2.75) is 20.0 Å². The SMILES string of the molecule is CCOc1c(Cl)cc(C(=O)C(F)(F)F)c(OCC)c1Cl. The fraction of sp³-hybridized carbons (Fsp3) is 0.417. The average Bonchev–Trinajstić information content (AvgIpc) is 2.35. The van der Waals surface area contributed by atoms with E-state index in [9.17, 15) is 18.0 Å². The van der Waals surface area contributed by atoms with Gasteiger partial charge in [-0.2, -0.15) is 13.2 Å². The smallest absolute Gasteiger partial charge is 0.455 e. The van der Waals surface area contributed by atoms with E-state index >= 15 is 0 Å². The molecule has 0 fully saturated rings. The summed E-state index contributed by atoms with van der Waals surface area (Å²) >= 11 is 11.7. The molecular weight excluding hydrogens is 320 g/mol. The standard InChI is InChI=1S/C12H11Cl2F3O3/c1-3-19-9-6(11(18)12(15,16)17)5-7(13)10(8(9)14)20-4-2/h5H,3-4H2,1-2H3. The monoisotopic (exact) mass is 330 g/mol. The first-order chi connectivity index (χ1) is 9.23. The van der Waals surface area contributed by atoms with E-state index in [-0.39, 0.29) is 34.8 Å². The molecule has 0 aliphatic heterocycles. The molecule has 1 rings (SSSR count). The molecule has 0 radical (unpaired) electrons. The van der Waals surface area contributed by atoms with Gasteiger partial charge in [-0.3, -0.25) is 4.79 Å². The van der Waals surface area contributed by atoms with Gasteiger partial charge in [0.15, 0.2) is 11.5 Å². The highest BCUT2D eigenvalue weighted by molar-refractivity contribution is 6.39. The van der Waals surface area contributed by atoms with Gasteiger partial charge in [-0.25, -0.2) is 0 Å². The maximum atomic E-state index is 12.5. The molecule has 0 spiro atoms. The Morgan fingerprint density at radius 3 is 2.10 bits per heavy atom. The molecule has 0 bridgehead atoms. The van der Waals surface area contributed by atoms with Gasteiger partial charge in [0.05, 0.1) is 23.8 Å². The number of benzene rings is 1. The number of Topliss-reactive ketones (excluding diaryl/α,β-unsaturated/α-hetero) is 1. The van der Waals surface area contributed by atoms with Crippen LogP contribution in [-0.4, -0.2) is 25.2 Å². The first-order valence-corrected chi connectivity index (χ1v) is 6.38. The highest BCUT2D eigenvalue weighted by Gasteiger charge is 2.42. The molecule has 1 aromatic carbocycles. The van der Waals surface area contributed by atoms with Crippen LogP contribution >= 0.6 is 23.2 Å². The van der Waals surface area contributed by atoms with Crippen LogP contribution < -0.4 is 9.47 Å². The third-order valence-electron chi connectivity index (χ3n) is 2.21. The van der Waals surface area contributed by atoms with Crippen molar-refractivity contribution in [3.05, 3.63) is 21.7 Å². The van der Waals surface area contributed by atoms with Gasteiger partial charge in [0.1, 0.15) is 5.02 Å². The fourth-order valence-corrected chi connectivity index (χ4v) is 2.09. The van der Waals surface area contributed by atoms with E-state index in [0.29, 0.717) is 0 Å². The molecule has 1 aromatic rings. The molecule has 0 saturated carbocycles. The summed E-state index contributed by atoms with van der Waals surface area (Å²) in [7, 11) is 0. The van der Waals surface area contributed by atoms with E-state index in [1.165, 1.54) is 0 Å². The van der Waals surface area contributed by atoms with E-state index in [1.54, 1.807) is 13.8 Å². The van der Waals surface area contributed by atoms with Crippen LogP contribution in [-0.2, 0) is 0 Å². The Balaban J connectivity index is 3.48. The zero-order chi connectivity index (χ0) is 15.5. The Morgan fingerprint density at radius 2 is 1.65 bits per heavy atom. The van der Waals surface area contributed by atoms with Gasteiger partial charge < -0.3 is 9.47 Å². The van der Waals surface area contributed by atoms with Crippen molar-refractivity contribution in [3.8, 4) is 11.5 Å². The number of alkyl halides is 3. The van der Waals surface area contributed by atoms with Crippen molar-refractivity contribution in [3.63, 3.8) is 0 Å². The van der Waals surface area contributed by atoms with Crippen LogP contribution in [0.15, 0.2) is 6.07 Å². The highest BCUT2D eigenvalue weighted by atomic mass is 35.5. The zero-order valence-corrected chi connectivity index (χ0v) is 12.1. The van der Waals surface area contributed by atoms with Gasteiger partial charge in [0.25, 0.3) is 5.78 Å². The van der Waals surface area contributed by atoms with Gasteiger partial charge in [0, 0.05) is 0 Å². The number of hydrogen-bond acceptors (Lipinski definition) is 3. The molecule has 0 aliphatic carbocycles. The van der Waals surface area contributed by atoms with Crippen molar-refractivity contribution in [1.82, 2.24) is 0 Å². The van der Waals surface area contributed by atoms with Crippen LogP contribution in [0.1, 0.15) is 24.2 Å². The summed E-state index contributed by atoms with van der Waals surface area (Å²) in [5, 5.41) is -0.443. The Kier molecular flexibility index (Phi) is 5.53. The summed E-state index contributed by atoms with van der Waals surface area (Å²) < 4.78 is 47.8. The molecule has 0 atom stereocenters. The second kappa shape index (κ2) is 6.54. The molecule has 112 valence electrons. The molecule has 8 heteroatoms.